The Balaban J connectivity index is 1.60. The molecular weight excluding hydrogens is 338 g/mol. The molecule has 2 N–H and O–H groups in total. The van der Waals surface area contributed by atoms with Gasteiger partial charge in [-0.05, 0) is 32.5 Å². The Morgan fingerprint density at radius 1 is 1.33 bits per heavy atom. The maximum absolute atomic E-state index is 12.4. The van der Waals surface area contributed by atoms with Crippen LogP contribution in [0.1, 0.15) is 35.6 Å². The van der Waals surface area contributed by atoms with E-state index in [1.165, 1.54) is 11.1 Å². The summed E-state index contributed by atoms with van der Waals surface area (Å²) in [7, 11) is 4.10. The number of aromatic amines is 1. The molecule has 3 rings (SSSR count). The van der Waals surface area contributed by atoms with Crippen LogP contribution in [0, 0.1) is 0 Å². The van der Waals surface area contributed by atoms with Crippen LogP contribution in [0.25, 0.3) is 0 Å². The van der Waals surface area contributed by atoms with Crippen molar-refractivity contribution in [3.63, 3.8) is 0 Å². The van der Waals surface area contributed by atoms with E-state index in [0.29, 0.717) is 12.3 Å². The molecule has 0 aliphatic carbocycles. The minimum Gasteiger partial charge on any atom is -0.342 e. The molecule has 1 saturated heterocycles. The van der Waals surface area contributed by atoms with Crippen molar-refractivity contribution >= 4 is 5.91 Å². The first-order chi connectivity index (χ1) is 13.2. The minimum absolute atomic E-state index is 0.269. The number of carbonyl (C=O) groups excluding carboxylic acids is 1. The molecule has 1 atom stereocenters. The second kappa shape index (κ2) is 9.67. The SMILES string of the molecule is CNCCN(C)Cc1c[nH]nc1C1CCC(=O)N(CCc2ccccc2)C1. The molecule has 6 nitrogen and oxygen atoms in total. The number of likely N-dealkylation sites (N-methyl/N-ethyl adjacent to an activating group) is 2. The maximum atomic E-state index is 12.4. The van der Waals surface area contributed by atoms with Gasteiger partial charge in [0.05, 0.1) is 5.69 Å². The van der Waals surface area contributed by atoms with E-state index >= 15 is 0 Å². The normalized spacial score (nSPS) is 17.7. The van der Waals surface area contributed by atoms with Crippen molar-refractivity contribution in [3.05, 3.63) is 53.3 Å². The number of aromatic nitrogens is 2. The van der Waals surface area contributed by atoms with Gasteiger partial charge in [-0.25, -0.2) is 0 Å². The molecular formula is C21H31N5O. The summed E-state index contributed by atoms with van der Waals surface area (Å²) in [4.78, 5) is 16.7. The van der Waals surface area contributed by atoms with Crippen molar-refractivity contribution in [2.45, 2.75) is 31.7 Å². The van der Waals surface area contributed by atoms with Crippen LogP contribution in [0.3, 0.4) is 0 Å². The van der Waals surface area contributed by atoms with E-state index in [1.807, 2.05) is 24.2 Å². The average Bonchev–Trinajstić information content (AvgIpc) is 3.14. The number of carbonyl (C=O) groups is 1. The van der Waals surface area contributed by atoms with Crippen LogP contribution in [-0.4, -0.2) is 66.2 Å². The Kier molecular flexibility index (Phi) is 7.01. The first-order valence-corrected chi connectivity index (χ1v) is 9.84. The fraction of sp³-hybridized carbons (Fsp3) is 0.524. The molecule has 6 heteroatoms. The van der Waals surface area contributed by atoms with E-state index in [0.717, 1.165) is 51.3 Å². The number of likely N-dealkylation sites (tertiary alicyclic amines) is 1. The van der Waals surface area contributed by atoms with Crippen molar-refractivity contribution < 1.29 is 4.79 Å². The quantitative estimate of drug-likeness (QED) is 0.710. The molecule has 1 amide bonds. The number of nitrogens with zero attached hydrogens (tertiary/aromatic N) is 3. The molecule has 2 heterocycles. The van der Waals surface area contributed by atoms with Gasteiger partial charge in [0.25, 0.3) is 0 Å². The second-order valence-electron chi connectivity index (χ2n) is 7.45. The predicted molar refractivity (Wildman–Crippen MR) is 108 cm³/mol. The van der Waals surface area contributed by atoms with Gasteiger partial charge >= 0.3 is 0 Å². The summed E-state index contributed by atoms with van der Waals surface area (Å²) in [5.41, 5.74) is 3.65. The zero-order chi connectivity index (χ0) is 19.1. The lowest BCUT2D eigenvalue weighted by atomic mass is 9.91. The fourth-order valence-corrected chi connectivity index (χ4v) is 3.74. The van der Waals surface area contributed by atoms with E-state index in [4.69, 9.17) is 0 Å². The minimum atomic E-state index is 0.269. The van der Waals surface area contributed by atoms with Crippen molar-refractivity contribution in [3.8, 4) is 0 Å². The van der Waals surface area contributed by atoms with Gasteiger partial charge in [-0.15, -0.1) is 0 Å². The van der Waals surface area contributed by atoms with Gasteiger partial charge in [0, 0.05) is 56.8 Å². The highest BCUT2D eigenvalue weighted by Crippen LogP contribution is 2.29. The molecule has 0 saturated carbocycles. The lowest BCUT2D eigenvalue weighted by Crippen LogP contribution is -2.40. The third-order valence-electron chi connectivity index (χ3n) is 5.34. The number of amides is 1. The summed E-state index contributed by atoms with van der Waals surface area (Å²) in [6.07, 6.45) is 4.41. The number of hydrogen-bond donors (Lipinski definition) is 2. The number of piperidine rings is 1. The van der Waals surface area contributed by atoms with Gasteiger partial charge in [0.1, 0.15) is 0 Å². The van der Waals surface area contributed by atoms with Crippen molar-refractivity contribution in [2.75, 3.05) is 40.3 Å². The molecule has 1 aliphatic rings. The van der Waals surface area contributed by atoms with Crippen LogP contribution in [-0.2, 0) is 17.8 Å². The van der Waals surface area contributed by atoms with Gasteiger partial charge in [0.2, 0.25) is 5.91 Å². The lowest BCUT2D eigenvalue weighted by Gasteiger charge is -2.32. The van der Waals surface area contributed by atoms with Crippen LogP contribution in [0.2, 0.25) is 0 Å². The third-order valence-corrected chi connectivity index (χ3v) is 5.34. The predicted octanol–water partition coefficient (Wildman–Crippen LogP) is 2.01. The summed E-state index contributed by atoms with van der Waals surface area (Å²) in [6, 6.07) is 10.4. The Morgan fingerprint density at radius 2 is 2.15 bits per heavy atom. The van der Waals surface area contributed by atoms with Gasteiger partial charge in [-0.2, -0.15) is 5.10 Å². The summed E-state index contributed by atoms with van der Waals surface area (Å²) >= 11 is 0. The number of rotatable bonds is 9. The highest BCUT2D eigenvalue weighted by atomic mass is 16.2. The highest BCUT2D eigenvalue weighted by Gasteiger charge is 2.29. The van der Waals surface area contributed by atoms with Crippen molar-refractivity contribution in [1.29, 1.82) is 0 Å². The molecule has 1 unspecified atom stereocenters. The third kappa shape index (κ3) is 5.40. The first-order valence-electron chi connectivity index (χ1n) is 9.84. The molecule has 0 bridgehead atoms. The Labute approximate surface area is 161 Å². The van der Waals surface area contributed by atoms with E-state index in [1.54, 1.807) is 0 Å². The number of nitrogens with one attached hydrogen (secondary N) is 2. The van der Waals surface area contributed by atoms with Gasteiger partial charge in [-0.1, -0.05) is 30.3 Å². The Bertz CT molecular complexity index is 714. The van der Waals surface area contributed by atoms with Crippen LogP contribution in [0.5, 0.6) is 0 Å². The molecule has 1 fully saturated rings. The van der Waals surface area contributed by atoms with Crippen molar-refractivity contribution in [2.24, 2.45) is 0 Å². The van der Waals surface area contributed by atoms with Gasteiger partial charge < -0.3 is 15.1 Å². The van der Waals surface area contributed by atoms with Gasteiger partial charge in [-0.3, -0.25) is 9.89 Å². The molecule has 0 spiro atoms. The van der Waals surface area contributed by atoms with Crippen LogP contribution in [0.4, 0.5) is 0 Å². The molecule has 146 valence electrons. The van der Waals surface area contributed by atoms with Gasteiger partial charge in [0.15, 0.2) is 0 Å². The van der Waals surface area contributed by atoms with E-state index in [2.05, 4.69) is 51.7 Å². The summed E-state index contributed by atoms with van der Waals surface area (Å²) in [6.45, 7) is 4.38. The monoisotopic (exact) mass is 369 g/mol. The second-order valence-corrected chi connectivity index (χ2v) is 7.45. The molecule has 27 heavy (non-hydrogen) atoms. The largest absolute Gasteiger partial charge is 0.342 e. The molecule has 1 aromatic heterocycles. The fourth-order valence-electron chi connectivity index (χ4n) is 3.74. The number of hydrogen-bond acceptors (Lipinski definition) is 4. The summed E-state index contributed by atoms with van der Waals surface area (Å²) in [5, 5.41) is 10.8. The van der Waals surface area contributed by atoms with Crippen LogP contribution >= 0.6 is 0 Å². The molecule has 0 radical (unpaired) electrons. The van der Waals surface area contributed by atoms with E-state index in [9.17, 15) is 4.79 Å². The molecule has 1 aliphatic heterocycles. The summed E-state index contributed by atoms with van der Waals surface area (Å²) in [5.74, 6) is 0.586. The maximum Gasteiger partial charge on any atom is 0.222 e. The zero-order valence-corrected chi connectivity index (χ0v) is 16.4. The highest BCUT2D eigenvalue weighted by molar-refractivity contribution is 5.77. The first kappa shape index (κ1) is 19.6. The van der Waals surface area contributed by atoms with Crippen LogP contribution < -0.4 is 5.32 Å². The van der Waals surface area contributed by atoms with Crippen LogP contribution in [0.15, 0.2) is 36.5 Å². The standard InChI is InChI=1S/C21H31N5O/c1-22-11-13-25(2)15-19-14-23-24-21(19)18-8-9-20(27)26(16-18)12-10-17-6-4-3-5-7-17/h3-7,14,18,22H,8-13,15-16H2,1-2H3,(H,23,24). The zero-order valence-electron chi connectivity index (χ0n) is 16.4. The number of H-pyrrole nitrogens is 1. The summed E-state index contributed by atoms with van der Waals surface area (Å²) < 4.78 is 0. The van der Waals surface area contributed by atoms with Crippen molar-refractivity contribution in [1.82, 2.24) is 25.3 Å². The molecule has 1 aromatic carbocycles. The Morgan fingerprint density at radius 3 is 2.93 bits per heavy atom. The van der Waals surface area contributed by atoms with E-state index < -0.39 is 0 Å². The van der Waals surface area contributed by atoms with E-state index in [-0.39, 0.29) is 5.91 Å². The topological polar surface area (TPSA) is 64.3 Å². The number of benzene rings is 1. The lowest BCUT2D eigenvalue weighted by molar-refractivity contribution is -0.133. The molecule has 2 aromatic rings. The Hall–Kier alpha value is -2.18. The smallest absolute Gasteiger partial charge is 0.222 e. The average molecular weight is 370 g/mol.